The number of aromatic nitrogens is 2. The zero-order valence-electron chi connectivity index (χ0n) is 13.1. The molecule has 0 fully saturated rings. The van der Waals surface area contributed by atoms with Gasteiger partial charge in [0, 0.05) is 12.5 Å². The Balaban J connectivity index is 2.09. The van der Waals surface area contributed by atoms with E-state index in [-0.39, 0.29) is 18.0 Å². The van der Waals surface area contributed by atoms with Crippen molar-refractivity contribution >= 4 is 28.7 Å². The van der Waals surface area contributed by atoms with Gasteiger partial charge in [-0.05, 0) is 43.9 Å². The number of H-pyrrole nitrogens is 1. The van der Waals surface area contributed by atoms with Crippen LogP contribution in [-0.2, 0) is 4.79 Å². The van der Waals surface area contributed by atoms with Crippen molar-refractivity contribution in [2.45, 2.75) is 38.3 Å². The van der Waals surface area contributed by atoms with E-state index in [9.17, 15) is 4.79 Å². The number of amides is 1. The van der Waals surface area contributed by atoms with Crippen molar-refractivity contribution in [3.8, 4) is 0 Å². The first-order valence-electron chi connectivity index (χ1n) is 7.58. The first kappa shape index (κ1) is 16.8. The lowest BCUT2D eigenvalue weighted by Gasteiger charge is -2.16. The summed E-state index contributed by atoms with van der Waals surface area (Å²) in [5, 5.41) is 3.08. The number of hydrogen-bond acceptors (Lipinski definition) is 4. The van der Waals surface area contributed by atoms with Crippen LogP contribution in [0.15, 0.2) is 24.3 Å². The molecule has 0 aliphatic heterocycles. The molecule has 2 aromatic rings. The van der Waals surface area contributed by atoms with Crippen LogP contribution in [0.3, 0.4) is 0 Å². The van der Waals surface area contributed by atoms with Crippen molar-refractivity contribution in [1.82, 2.24) is 15.3 Å². The lowest BCUT2D eigenvalue weighted by Crippen LogP contribution is -2.31. The third-order valence-corrected chi connectivity index (χ3v) is 4.15. The average molecular weight is 320 g/mol. The van der Waals surface area contributed by atoms with E-state index in [1.165, 1.54) is 0 Å². The second-order valence-electron chi connectivity index (χ2n) is 5.56. The van der Waals surface area contributed by atoms with E-state index in [0.29, 0.717) is 12.8 Å². The van der Waals surface area contributed by atoms with Crippen LogP contribution in [0.1, 0.15) is 38.1 Å². The van der Waals surface area contributed by atoms with Gasteiger partial charge in [-0.2, -0.15) is 11.8 Å². The minimum absolute atomic E-state index is 0.0314. The summed E-state index contributed by atoms with van der Waals surface area (Å²) in [5.74, 6) is 1.82. The second kappa shape index (κ2) is 8.19. The van der Waals surface area contributed by atoms with Crippen LogP contribution in [0, 0.1) is 0 Å². The zero-order valence-corrected chi connectivity index (χ0v) is 14.0. The zero-order chi connectivity index (χ0) is 15.9. The Morgan fingerprint density at radius 3 is 2.86 bits per heavy atom. The normalized spacial score (nSPS) is 14.0. The summed E-state index contributed by atoms with van der Waals surface area (Å²) in [7, 11) is 0. The first-order valence-corrected chi connectivity index (χ1v) is 8.98. The van der Waals surface area contributed by atoms with Crippen molar-refractivity contribution in [3.05, 3.63) is 30.1 Å². The molecule has 6 heteroatoms. The molecule has 2 atom stereocenters. The van der Waals surface area contributed by atoms with Gasteiger partial charge in [-0.25, -0.2) is 4.98 Å². The lowest BCUT2D eigenvalue weighted by molar-refractivity contribution is -0.122. The lowest BCUT2D eigenvalue weighted by atomic mass is 10.1. The number of para-hydroxylation sites is 2. The fraction of sp³-hybridized carbons (Fsp3) is 0.500. The minimum Gasteiger partial charge on any atom is -0.346 e. The predicted octanol–water partition coefficient (Wildman–Crippen LogP) is 2.60. The molecule has 5 nitrogen and oxygen atoms in total. The van der Waals surface area contributed by atoms with Crippen molar-refractivity contribution in [2.75, 3.05) is 12.0 Å². The van der Waals surface area contributed by atoms with Crippen LogP contribution >= 0.6 is 11.8 Å². The van der Waals surface area contributed by atoms with E-state index in [4.69, 9.17) is 5.73 Å². The highest BCUT2D eigenvalue weighted by atomic mass is 32.2. The molecule has 1 aromatic carbocycles. The predicted molar refractivity (Wildman–Crippen MR) is 92.9 cm³/mol. The molecule has 0 aliphatic carbocycles. The molecule has 1 amide bonds. The summed E-state index contributed by atoms with van der Waals surface area (Å²) in [4.78, 5) is 20.0. The molecular weight excluding hydrogens is 296 g/mol. The van der Waals surface area contributed by atoms with Gasteiger partial charge < -0.3 is 16.0 Å². The quantitative estimate of drug-likeness (QED) is 0.698. The highest BCUT2D eigenvalue weighted by Crippen LogP contribution is 2.20. The third-order valence-electron chi connectivity index (χ3n) is 3.51. The van der Waals surface area contributed by atoms with Gasteiger partial charge in [-0.15, -0.1) is 0 Å². The van der Waals surface area contributed by atoms with Gasteiger partial charge in [-0.1, -0.05) is 12.1 Å². The number of imidazole rings is 1. The number of nitrogens with zero attached hydrogens (tertiary/aromatic N) is 1. The fourth-order valence-corrected chi connectivity index (χ4v) is 2.75. The van der Waals surface area contributed by atoms with E-state index >= 15 is 0 Å². The molecular formula is C16H24N4OS. The van der Waals surface area contributed by atoms with Crippen molar-refractivity contribution in [1.29, 1.82) is 0 Å². The number of fused-ring (bicyclic) bond motifs is 1. The molecule has 0 aliphatic rings. The standard InChI is InChI=1S/C16H24N4OS/c1-11(17)7-8-15(21)18-14(9-10-22-2)16-19-12-5-3-4-6-13(12)20-16/h3-6,11,14H,7-10,17H2,1-2H3,(H,18,21)(H,19,20). The highest BCUT2D eigenvalue weighted by molar-refractivity contribution is 7.98. The SMILES string of the molecule is CSCCC(NC(=O)CCC(C)N)c1nc2ccccc2[nH]1. The Labute approximate surface area is 135 Å². The molecule has 1 aromatic heterocycles. The molecule has 0 saturated carbocycles. The molecule has 0 bridgehead atoms. The van der Waals surface area contributed by atoms with Crippen LogP contribution in [0.25, 0.3) is 11.0 Å². The molecule has 2 unspecified atom stereocenters. The van der Waals surface area contributed by atoms with Gasteiger partial charge in [0.05, 0.1) is 17.1 Å². The number of aromatic amines is 1. The summed E-state index contributed by atoms with van der Waals surface area (Å²) < 4.78 is 0. The van der Waals surface area contributed by atoms with Gasteiger partial charge in [0.15, 0.2) is 0 Å². The van der Waals surface area contributed by atoms with Crippen LogP contribution < -0.4 is 11.1 Å². The maximum Gasteiger partial charge on any atom is 0.220 e. The van der Waals surface area contributed by atoms with Crippen molar-refractivity contribution < 1.29 is 4.79 Å². The van der Waals surface area contributed by atoms with Crippen molar-refractivity contribution in [2.24, 2.45) is 5.73 Å². The molecule has 120 valence electrons. The number of thioether (sulfide) groups is 1. The van der Waals surface area contributed by atoms with E-state index in [2.05, 4.69) is 21.5 Å². The molecule has 0 spiro atoms. The highest BCUT2D eigenvalue weighted by Gasteiger charge is 2.18. The van der Waals surface area contributed by atoms with Crippen LogP contribution in [0.4, 0.5) is 0 Å². The van der Waals surface area contributed by atoms with Crippen LogP contribution in [-0.4, -0.2) is 33.9 Å². The van der Waals surface area contributed by atoms with E-state index in [1.54, 1.807) is 11.8 Å². The Kier molecular flexibility index (Phi) is 6.27. The molecule has 22 heavy (non-hydrogen) atoms. The summed E-state index contributed by atoms with van der Waals surface area (Å²) in [6.45, 7) is 1.91. The summed E-state index contributed by atoms with van der Waals surface area (Å²) in [5.41, 5.74) is 7.64. The van der Waals surface area contributed by atoms with Crippen molar-refractivity contribution in [3.63, 3.8) is 0 Å². The van der Waals surface area contributed by atoms with Crippen LogP contribution in [0.2, 0.25) is 0 Å². The number of carbonyl (C=O) groups excluding carboxylic acids is 1. The number of nitrogens with two attached hydrogens (primary N) is 1. The fourth-order valence-electron chi connectivity index (χ4n) is 2.28. The molecule has 0 saturated heterocycles. The largest absolute Gasteiger partial charge is 0.346 e. The maximum atomic E-state index is 12.1. The maximum absolute atomic E-state index is 12.1. The van der Waals surface area contributed by atoms with Gasteiger partial charge in [-0.3, -0.25) is 4.79 Å². The Morgan fingerprint density at radius 1 is 1.41 bits per heavy atom. The summed E-state index contributed by atoms with van der Waals surface area (Å²) in [6, 6.07) is 7.86. The molecule has 0 radical (unpaired) electrons. The molecule has 2 rings (SSSR count). The topological polar surface area (TPSA) is 83.8 Å². The van der Waals surface area contributed by atoms with Gasteiger partial charge >= 0.3 is 0 Å². The number of carbonyl (C=O) groups is 1. The summed E-state index contributed by atoms with van der Waals surface area (Å²) in [6.07, 6.45) is 4.06. The third kappa shape index (κ3) is 4.74. The van der Waals surface area contributed by atoms with E-state index < -0.39 is 0 Å². The molecule has 1 heterocycles. The number of rotatable bonds is 8. The Bertz CT molecular complexity index is 578. The Hall–Kier alpha value is -1.53. The average Bonchev–Trinajstić information content (AvgIpc) is 2.93. The summed E-state index contributed by atoms with van der Waals surface area (Å²) >= 11 is 1.76. The number of nitrogens with one attached hydrogen (secondary N) is 2. The smallest absolute Gasteiger partial charge is 0.220 e. The monoisotopic (exact) mass is 320 g/mol. The number of benzene rings is 1. The minimum atomic E-state index is -0.0829. The van der Waals surface area contributed by atoms with Gasteiger partial charge in [0.2, 0.25) is 5.91 Å². The van der Waals surface area contributed by atoms with E-state index in [0.717, 1.165) is 29.0 Å². The van der Waals surface area contributed by atoms with E-state index in [1.807, 2.05) is 31.2 Å². The Morgan fingerprint density at radius 2 is 2.18 bits per heavy atom. The number of hydrogen-bond donors (Lipinski definition) is 3. The first-order chi connectivity index (χ1) is 10.6. The van der Waals surface area contributed by atoms with Gasteiger partial charge in [0.1, 0.15) is 5.82 Å². The van der Waals surface area contributed by atoms with Gasteiger partial charge in [0.25, 0.3) is 0 Å². The second-order valence-corrected chi connectivity index (χ2v) is 6.54. The molecule has 4 N–H and O–H groups in total. The van der Waals surface area contributed by atoms with Crippen LogP contribution in [0.5, 0.6) is 0 Å².